The third-order valence-electron chi connectivity index (χ3n) is 12.3. The van der Waals surface area contributed by atoms with Crippen LogP contribution in [0.5, 0.6) is 0 Å². The molecule has 0 aromatic heterocycles. The van der Waals surface area contributed by atoms with Gasteiger partial charge in [0.05, 0.1) is 0 Å². The molecule has 0 unspecified atom stereocenters. The summed E-state index contributed by atoms with van der Waals surface area (Å²) in [5, 5.41) is 5.64. The quantitative estimate of drug-likeness (QED) is 0.0950. The number of halogens is 2. The maximum Gasteiger partial charge on any atom is -1.00 e. The fourth-order valence-electron chi connectivity index (χ4n) is 9.32. The monoisotopic (exact) mass is 904 g/mol. The van der Waals surface area contributed by atoms with E-state index in [-0.39, 0.29) is 41.1 Å². The molecule has 0 saturated heterocycles. The largest absolute Gasteiger partial charge is 1.00 e. The fourth-order valence-corrected chi connectivity index (χ4v) is 9.32. The molecule has 0 nitrogen and oxygen atoms in total. The van der Waals surface area contributed by atoms with Gasteiger partial charge in [0.25, 0.3) is 0 Å². The standard InChI is InChI=1S/2C26H31.C2H6Si.2ClH.Zr/c2*1-5-13-26(14-15-26)18-19-16-20-9-8-11-21(23(20)17-19)22-10-6-7-12-24(22)25(2,3)4;1-3-2;;;/h2*6-12,16-17H,5,13-15,18H2,1-4H3;1-2H3;2*1H;/q2*-1;;;;+2/p-2. The molecular formula is C54H68Cl2SiZr-2. The second-order valence-corrected chi connectivity index (χ2v) is 29.2. The minimum absolute atomic E-state index is 0. The Morgan fingerprint density at radius 3 is 1.17 bits per heavy atom. The predicted molar refractivity (Wildman–Crippen MR) is 245 cm³/mol. The molecule has 0 heterocycles. The van der Waals surface area contributed by atoms with Crippen molar-refractivity contribution in [3.05, 3.63) is 131 Å². The molecule has 2 saturated carbocycles. The Balaban J connectivity index is 0.000000228. The molecule has 2 aliphatic carbocycles. The Bertz CT molecular complexity index is 2100. The summed E-state index contributed by atoms with van der Waals surface area (Å²) >= 11 is 1.74. The van der Waals surface area contributed by atoms with Crippen LogP contribution < -0.4 is 24.8 Å². The van der Waals surface area contributed by atoms with Gasteiger partial charge in [0.1, 0.15) is 0 Å². The number of hydrogen-bond acceptors (Lipinski definition) is 0. The van der Waals surface area contributed by atoms with Gasteiger partial charge in [-0.1, -0.05) is 140 Å². The molecule has 6 aromatic carbocycles. The Kier molecular flexibility index (Phi) is 16.8. The zero-order valence-electron chi connectivity index (χ0n) is 37.2. The van der Waals surface area contributed by atoms with E-state index in [2.05, 4.69) is 178 Å². The summed E-state index contributed by atoms with van der Waals surface area (Å²) in [7, 11) is 0. The van der Waals surface area contributed by atoms with Crippen LogP contribution in [-0.2, 0) is 47.0 Å². The topological polar surface area (TPSA) is 0 Å². The van der Waals surface area contributed by atoms with Gasteiger partial charge in [0.2, 0.25) is 0 Å². The molecule has 4 heteroatoms. The van der Waals surface area contributed by atoms with Crippen LogP contribution in [0.15, 0.2) is 109 Å². The summed E-state index contributed by atoms with van der Waals surface area (Å²) in [6, 6.07) is 41.3. The van der Waals surface area contributed by atoms with Crippen LogP contribution in [0.3, 0.4) is 0 Å². The summed E-state index contributed by atoms with van der Waals surface area (Å²) < 4.78 is 0. The maximum atomic E-state index is 2.47. The van der Waals surface area contributed by atoms with Gasteiger partial charge >= 0.3 is 41.9 Å². The van der Waals surface area contributed by atoms with Gasteiger partial charge in [0.15, 0.2) is 0 Å². The van der Waals surface area contributed by atoms with Gasteiger partial charge in [-0.15, -0.1) is 69.1 Å². The first-order valence-electron chi connectivity index (χ1n) is 21.7. The third kappa shape index (κ3) is 12.0. The Hall–Kier alpha value is -2.22. The van der Waals surface area contributed by atoms with Crippen LogP contribution in [0, 0.1) is 10.8 Å². The first-order valence-corrected chi connectivity index (χ1v) is 27.8. The minimum Gasteiger partial charge on any atom is -1.00 e. The van der Waals surface area contributed by atoms with Crippen LogP contribution in [0.4, 0.5) is 0 Å². The molecule has 0 amide bonds. The first-order chi connectivity index (χ1) is 26.6. The molecule has 0 N–H and O–H groups in total. The zero-order chi connectivity index (χ0) is 40.3. The van der Waals surface area contributed by atoms with Crippen LogP contribution in [0.1, 0.15) is 129 Å². The molecule has 8 rings (SSSR count). The summed E-state index contributed by atoms with van der Waals surface area (Å²) in [6.45, 7) is 23.1. The molecule has 2 fully saturated rings. The van der Waals surface area contributed by atoms with E-state index in [0.717, 1.165) is 0 Å². The van der Waals surface area contributed by atoms with Crippen LogP contribution in [0.25, 0.3) is 43.8 Å². The molecule has 6 aromatic rings. The number of rotatable bonds is 10. The molecular weight excluding hydrogens is 839 g/mol. The van der Waals surface area contributed by atoms with E-state index < -0.39 is 0 Å². The van der Waals surface area contributed by atoms with E-state index in [1.54, 1.807) is 23.3 Å². The van der Waals surface area contributed by atoms with Crippen molar-refractivity contribution in [1.82, 2.24) is 0 Å². The zero-order valence-corrected chi connectivity index (χ0v) is 42.2. The number of fused-ring (bicyclic) bond motifs is 2. The van der Waals surface area contributed by atoms with E-state index in [1.807, 2.05) is 0 Å². The van der Waals surface area contributed by atoms with Crippen molar-refractivity contribution in [3.8, 4) is 22.3 Å². The molecule has 0 spiro atoms. The van der Waals surface area contributed by atoms with Crippen molar-refractivity contribution in [2.45, 2.75) is 144 Å². The summed E-state index contributed by atoms with van der Waals surface area (Å²) in [5.74, 6) is 0. The van der Waals surface area contributed by atoms with E-state index in [0.29, 0.717) is 10.8 Å². The van der Waals surface area contributed by atoms with E-state index in [4.69, 9.17) is 0 Å². The van der Waals surface area contributed by atoms with Crippen molar-refractivity contribution >= 4 is 27.0 Å². The van der Waals surface area contributed by atoms with Gasteiger partial charge in [0, 0.05) is 0 Å². The van der Waals surface area contributed by atoms with E-state index in [9.17, 15) is 0 Å². The summed E-state index contributed by atoms with van der Waals surface area (Å²) in [6.07, 6.45) is 13.6. The van der Waals surface area contributed by atoms with Crippen LogP contribution in [0.2, 0.25) is 13.1 Å². The predicted octanol–water partition coefficient (Wildman–Crippen LogP) is 10.1. The average Bonchev–Trinajstić information content (AvgIpc) is 3.98. The minimum atomic E-state index is 0. The van der Waals surface area contributed by atoms with Gasteiger partial charge in [-0.05, 0) is 95.3 Å². The van der Waals surface area contributed by atoms with Crippen molar-refractivity contribution in [2.24, 2.45) is 10.8 Å². The van der Waals surface area contributed by atoms with Crippen molar-refractivity contribution in [2.75, 3.05) is 0 Å². The smallest absolute Gasteiger partial charge is 1.00 e. The first kappa shape index (κ1) is 48.4. The SMILES string of the molecule is CCCC1(Cc2cc3c(-c4ccccc4C(C)(C)C)cccc3[cH-]2)CC1.CCCC1(Cc2cc3c(-c4ccccc4C(C)(C)C)cccc3[cH-]2)CC1.C[Si](C)=[Zr+2].[Cl-].[Cl-]. The van der Waals surface area contributed by atoms with Gasteiger partial charge in [-0.2, -0.15) is 12.1 Å². The molecule has 0 radical (unpaired) electrons. The van der Waals surface area contributed by atoms with Gasteiger partial charge in [-0.3, -0.25) is 0 Å². The van der Waals surface area contributed by atoms with E-state index in [1.165, 1.54) is 130 Å². The van der Waals surface area contributed by atoms with Gasteiger partial charge < -0.3 is 24.8 Å². The average molecular weight is 907 g/mol. The normalized spacial score (nSPS) is 15.0. The maximum absolute atomic E-state index is 2.47. The Morgan fingerprint density at radius 1 is 0.534 bits per heavy atom. The van der Waals surface area contributed by atoms with Crippen molar-refractivity contribution in [1.29, 1.82) is 0 Å². The van der Waals surface area contributed by atoms with Crippen molar-refractivity contribution in [3.63, 3.8) is 0 Å². The molecule has 2 aliphatic rings. The molecule has 0 aliphatic heterocycles. The molecule has 58 heavy (non-hydrogen) atoms. The molecule has 0 bridgehead atoms. The number of hydrogen-bond donors (Lipinski definition) is 0. The summed E-state index contributed by atoms with van der Waals surface area (Å²) in [4.78, 5) is 0. The fraction of sp³-hybridized carbons (Fsp3) is 0.444. The summed E-state index contributed by atoms with van der Waals surface area (Å²) in [5.41, 5.74) is 13.2. The van der Waals surface area contributed by atoms with Crippen molar-refractivity contribution < 1.29 is 48.1 Å². The third-order valence-corrected chi connectivity index (χ3v) is 12.3. The molecule has 308 valence electrons. The second kappa shape index (κ2) is 20.1. The second-order valence-electron chi connectivity index (χ2n) is 19.8. The van der Waals surface area contributed by atoms with Crippen LogP contribution >= 0.6 is 0 Å². The Labute approximate surface area is 380 Å². The van der Waals surface area contributed by atoms with Crippen LogP contribution in [-0.4, -0.2) is 5.43 Å². The van der Waals surface area contributed by atoms with E-state index >= 15 is 0 Å². The van der Waals surface area contributed by atoms with Gasteiger partial charge in [-0.25, -0.2) is 0 Å². The molecule has 0 atom stereocenters. The number of benzene rings is 4. The Morgan fingerprint density at radius 2 is 0.862 bits per heavy atom.